The van der Waals surface area contributed by atoms with E-state index in [0.29, 0.717) is 36.6 Å². The lowest BCUT2D eigenvalue weighted by Gasteiger charge is -2.39. The van der Waals surface area contributed by atoms with Crippen molar-refractivity contribution in [2.24, 2.45) is 0 Å². The van der Waals surface area contributed by atoms with Crippen LogP contribution in [-0.2, 0) is 10.3 Å². The fourth-order valence-corrected chi connectivity index (χ4v) is 2.51. The first-order chi connectivity index (χ1) is 10.7. The molecule has 1 aromatic carbocycles. The number of nitrogens with zero attached hydrogens (tertiary/aromatic N) is 4. The number of benzene rings is 1. The van der Waals surface area contributed by atoms with Crippen LogP contribution in [-0.4, -0.2) is 30.1 Å². The smallest absolute Gasteiger partial charge is 0.128 e. The van der Waals surface area contributed by atoms with Crippen LogP contribution in [0.1, 0.15) is 12.0 Å². The van der Waals surface area contributed by atoms with Gasteiger partial charge in [-0.2, -0.15) is 15.6 Å². The van der Waals surface area contributed by atoms with Crippen molar-refractivity contribution in [1.29, 1.82) is 10.5 Å². The Morgan fingerprint density at radius 1 is 1.36 bits per heavy atom. The van der Waals surface area contributed by atoms with Gasteiger partial charge < -0.3 is 9.47 Å². The summed E-state index contributed by atoms with van der Waals surface area (Å²) in [6.45, 7) is 0.966. The predicted octanol–water partition coefficient (Wildman–Crippen LogP) is 2.07. The third-order valence-electron chi connectivity index (χ3n) is 3.83. The van der Waals surface area contributed by atoms with Crippen molar-refractivity contribution in [3.63, 3.8) is 0 Å². The monoisotopic (exact) mass is 294 g/mol. The van der Waals surface area contributed by atoms with Gasteiger partial charge in [-0.05, 0) is 24.3 Å². The van der Waals surface area contributed by atoms with Crippen molar-refractivity contribution >= 4 is 0 Å². The quantitative estimate of drug-likeness (QED) is 0.862. The zero-order valence-electron chi connectivity index (χ0n) is 12.1. The van der Waals surface area contributed by atoms with Crippen molar-refractivity contribution in [2.75, 3.05) is 20.3 Å². The third kappa shape index (κ3) is 2.20. The predicted molar refractivity (Wildman–Crippen MR) is 78.0 cm³/mol. The van der Waals surface area contributed by atoms with Crippen LogP contribution in [0.15, 0.2) is 30.5 Å². The molecule has 0 saturated carbocycles. The molecule has 1 aromatic heterocycles. The summed E-state index contributed by atoms with van der Waals surface area (Å²) in [7, 11) is 1.58. The van der Waals surface area contributed by atoms with Crippen LogP contribution in [0.2, 0.25) is 0 Å². The molecule has 1 aliphatic heterocycles. The van der Waals surface area contributed by atoms with Gasteiger partial charge in [0.25, 0.3) is 0 Å². The maximum Gasteiger partial charge on any atom is 0.128 e. The summed E-state index contributed by atoms with van der Waals surface area (Å²) in [6.07, 6.45) is 2.19. The van der Waals surface area contributed by atoms with Crippen LogP contribution in [0.4, 0.5) is 0 Å². The van der Waals surface area contributed by atoms with Crippen LogP contribution in [0.25, 0.3) is 11.3 Å². The normalized spacial score (nSPS) is 15.4. The van der Waals surface area contributed by atoms with Gasteiger partial charge in [-0.3, -0.25) is 4.68 Å². The molecule has 0 amide bonds. The Labute approximate surface area is 128 Å². The first-order valence-electron chi connectivity index (χ1n) is 6.82. The Balaban J connectivity index is 2.01. The van der Waals surface area contributed by atoms with Gasteiger partial charge in [-0.25, -0.2) is 0 Å². The third-order valence-corrected chi connectivity index (χ3v) is 3.83. The molecule has 0 radical (unpaired) electrons. The molecule has 0 aliphatic carbocycles. The Bertz CT molecular complexity index is 778. The maximum atomic E-state index is 9.06. The summed E-state index contributed by atoms with van der Waals surface area (Å²) in [5.41, 5.74) is 1.63. The van der Waals surface area contributed by atoms with E-state index < -0.39 is 0 Å². The molecular formula is C16H14N4O2. The lowest BCUT2D eigenvalue weighted by atomic mass is 9.94. The molecule has 0 bridgehead atoms. The van der Waals surface area contributed by atoms with Crippen LogP contribution >= 0.6 is 0 Å². The summed E-state index contributed by atoms with van der Waals surface area (Å²) in [5.74, 6) is 0.656. The SMILES string of the molecule is COc1ccc(C#N)cc1-c1ccn(C2(CC#N)COC2)n1. The highest BCUT2D eigenvalue weighted by atomic mass is 16.5. The molecule has 1 saturated heterocycles. The minimum atomic E-state index is -0.382. The fraction of sp³-hybridized carbons (Fsp3) is 0.312. The van der Waals surface area contributed by atoms with Gasteiger partial charge in [-0.15, -0.1) is 0 Å². The van der Waals surface area contributed by atoms with Crippen molar-refractivity contribution in [3.05, 3.63) is 36.0 Å². The average Bonchev–Trinajstić information content (AvgIpc) is 3.00. The first-order valence-corrected chi connectivity index (χ1v) is 6.82. The highest BCUT2D eigenvalue weighted by Gasteiger charge is 2.41. The molecule has 0 unspecified atom stereocenters. The number of methoxy groups -OCH3 is 1. The molecule has 6 nitrogen and oxygen atoms in total. The van der Waals surface area contributed by atoms with Crippen LogP contribution in [0.5, 0.6) is 5.75 Å². The van der Waals surface area contributed by atoms with Crippen molar-refractivity contribution in [2.45, 2.75) is 12.0 Å². The van der Waals surface area contributed by atoms with E-state index in [4.69, 9.17) is 20.0 Å². The highest BCUT2D eigenvalue weighted by molar-refractivity contribution is 5.68. The second-order valence-corrected chi connectivity index (χ2v) is 5.22. The standard InChI is InChI=1S/C16H14N4O2/c1-21-15-3-2-12(9-18)8-13(15)14-4-7-20(19-14)16(5-6-17)10-22-11-16/h2-4,7-8H,5,10-11H2,1H3. The number of aromatic nitrogens is 2. The summed E-state index contributed by atoms with van der Waals surface area (Å²) in [5, 5.41) is 22.6. The van der Waals surface area contributed by atoms with Gasteiger partial charge in [0.2, 0.25) is 0 Å². The van der Waals surface area contributed by atoms with E-state index in [1.165, 1.54) is 0 Å². The maximum absolute atomic E-state index is 9.06. The summed E-state index contributed by atoms with van der Waals surface area (Å²) in [6, 6.07) is 11.4. The zero-order valence-corrected chi connectivity index (χ0v) is 12.1. The lowest BCUT2D eigenvalue weighted by molar-refractivity contribution is -0.104. The fourth-order valence-electron chi connectivity index (χ4n) is 2.51. The average molecular weight is 294 g/mol. The van der Waals surface area contributed by atoms with Gasteiger partial charge >= 0.3 is 0 Å². The number of rotatable bonds is 4. The van der Waals surface area contributed by atoms with Crippen LogP contribution in [0, 0.1) is 22.7 Å². The van der Waals surface area contributed by atoms with Crippen molar-refractivity contribution in [1.82, 2.24) is 9.78 Å². The molecular weight excluding hydrogens is 280 g/mol. The number of ether oxygens (including phenoxy) is 2. The minimum Gasteiger partial charge on any atom is -0.496 e. The van der Waals surface area contributed by atoms with Gasteiger partial charge in [0, 0.05) is 11.8 Å². The second kappa shape index (κ2) is 5.51. The number of hydrogen-bond donors (Lipinski definition) is 0. The van der Waals surface area contributed by atoms with Gasteiger partial charge in [0.15, 0.2) is 0 Å². The molecule has 110 valence electrons. The van der Waals surface area contributed by atoms with Crippen LogP contribution in [0.3, 0.4) is 0 Å². The lowest BCUT2D eigenvalue weighted by Crippen LogP contribution is -2.51. The number of nitriles is 2. The Morgan fingerprint density at radius 3 is 2.77 bits per heavy atom. The first kappa shape index (κ1) is 14.1. The number of hydrogen-bond acceptors (Lipinski definition) is 5. The van der Waals surface area contributed by atoms with E-state index in [2.05, 4.69) is 17.2 Å². The molecule has 6 heteroatoms. The van der Waals surface area contributed by atoms with Gasteiger partial charge in [-0.1, -0.05) is 0 Å². The van der Waals surface area contributed by atoms with E-state index in [-0.39, 0.29) is 5.54 Å². The highest BCUT2D eigenvalue weighted by Crippen LogP contribution is 2.33. The van der Waals surface area contributed by atoms with Crippen molar-refractivity contribution in [3.8, 4) is 29.1 Å². The van der Waals surface area contributed by atoms with Crippen molar-refractivity contribution < 1.29 is 9.47 Å². The molecule has 1 fully saturated rings. The largest absolute Gasteiger partial charge is 0.496 e. The van der Waals surface area contributed by atoms with E-state index >= 15 is 0 Å². The molecule has 2 aromatic rings. The van der Waals surface area contributed by atoms with E-state index in [0.717, 1.165) is 5.56 Å². The molecule has 0 N–H and O–H groups in total. The van der Waals surface area contributed by atoms with E-state index in [9.17, 15) is 0 Å². The minimum absolute atomic E-state index is 0.351. The summed E-state index contributed by atoms with van der Waals surface area (Å²) in [4.78, 5) is 0. The molecule has 1 aliphatic rings. The molecule has 3 rings (SSSR count). The Morgan fingerprint density at radius 2 is 2.18 bits per heavy atom. The summed E-state index contributed by atoms with van der Waals surface area (Å²) >= 11 is 0. The van der Waals surface area contributed by atoms with Gasteiger partial charge in [0.05, 0.1) is 50.1 Å². The van der Waals surface area contributed by atoms with E-state index in [1.807, 2.05) is 12.3 Å². The van der Waals surface area contributed by atoms with Crippen LogP contribution < -0.4 is 4.74 Å². The summed E-state index contributed by atoms with van der Waals surface area (Å²) < 4.78 is 12.4. The second-order valence-electron chi connectivity index (χ2n) is 5.22. The topological polar surface area (TPSA) is 83.9 Å². The van der Waals surface area contributed by atoms with Gasteiger partial charge in [0.1, 0.15) is 11.3 Å². The molecule has 0 spiro atoms. The molecule has 0 atom stereocenters. The molecule has 22 heavy (non-hydrogen) atoms. The zero-order chi connectivity index (χ0) is 15.6. The molecule has 2 heterocycles. The van der Waals surface area contributed by atoms with E-state index in [1.54, 1.807) is 30.0 Å². The Hall–Kier alpha value is -2.83. The Kier molecular flexibility index (Phi) is 3.54.